The summed E-state index contributed by atoms with van der Waals surface area (Å²) in [7, 11) is 1.65. The van der Waals surface area contributed by atoms with E-state index in [2.05, 4.69) is 20.0 Å². The molecule has 1 saturated heterocycles. The first kappa shape index (κ1) is 16.0. The van der Waals surface area contributed by atoms with Crippen molar-refractivity contribution in [3.8, 4) is 0 Å². The second-order valence-corrected chi connectivity index (χ2v) is 5.89. The first-order valence-electron chi connectivity index (χ1n) is 7.85. The van der Waals surface area contributed by atoms with Gasteiger partial charge in [0.25, 0.3) is 0 Å². The summed E-state index contributed by atoms with van der Waals surface area (Å²) in [5.74, 6) is 1.43. The lowest BCUT2D eigenvalue weighted by molar-refractivity contribution is 0.139. The molecule has 1 aliphatic rings. The number of aliphatic hydroxyl groups excluding tert-OH is 1. The van der Waals surface area contributed by atoms with Crippen LogP contribution >= 0.6 is 0 Å². The third-order valence-corrected chi connectivity index (χ3v) is 4.08. The maximum atomic E-state index is 10.3. The number of ether oxygens (including phenoxy) is 1. The summed E-state index contributed by atoms with van der Waals surface area (Å²) in [5.41, 5.74) is 1.01. The molecule has 23 heavy (non-hydrogen) atoms. The van der Waals surface area contributed by atoms with Crippen molar-refractivity contribution in [1.29, 1.82) is 0 Å². The Hall–Kier alpha value is -1.83. The van der Waals surface area contributed by atoms with E-state index < -0.39 is 0 Å². The lowest BCUT2D eigenvalue weighted by atomic mass is 10.00. The fraction of sp³-hybridized carbons (Fsp3) is 0.562. The van der Waals surface area contributed by atoms with Gasteiger partial charge in [0.05, 0.1) is 19.3 Å². The maximum absolute atomic E-state index is 10.3. The molecule has 3 heterocycles. The van der Waals surface area contributed by atoms with E-state index in [4.69, 9.17) is 9.26 Å². The number of methoxy groups -OCH3 is 1. The highest BCUT2D eigenvalue weighted by atomic mass is 16.5. The quantitative estimate of drug-likeness (QED) is 0.804. The zero-order chi connectivity index (χ0) is 16.1. The molecule has 0 spiro atoms. The summed E-state index contributed by atoms with van der Waals surface area (Å²) in [4.78, 5) is 10.8. The van der Waals surface area contributed by atoms with Gasteiger partial charge in [-0.25, -0.2) is 0 Å². The van der Waals surface area contributed by atoms with Crippen molar-refractivity contribution in [2.45, 2.75) is 25.5 Å². The normalized spacial score (nSPS) is 21.8. The van der Waals surface area contributed by atoms with Crippen LogP contribution in [0.25, 0.3) is 0 Å². The van der Waals surface area contributed by atoms with Crippen molar-refractivity contribution >= 4 is 0 Å². The Morgan fingerprint density at radius 1 is 1.39 bits per heavy atom. The van der Waals surface area contributed by atoms with E-state index in [1.165, 1.54) is 0 Å². The summed E-state index contributed by atoms with van der Waals surface area (Å²) >= 11 is 0. The van der Waals surface area contributed by atoms with Crippen molar-refractivity contribution in [2.24, 2.45) is 5.92 Å². The van der Waals surface area contributed by atoms with Crippen LogP contribution in [-0.4, -0.2) is 58.0 Å². The van der Waals surface area contributed by atoms with E-state index >= 15 is 0 Å². The van der Waals surface area contributed by atoms with Crippen molar-refractivity contribution in [2.75, 3.05) is 26.8 Å². The number of hydrogen-bond acceptors (Lipinski definition) is 7. The first-order chi connectivity index (χ1) is 11.2. The molecule has 0 bridgehead atoms. The van der Waals surface area contributed by atoms with Crippen molar-refractivity contribution in [3.05, 3.63) is 41.8 Å². The van der Waals surface area contributed by atoms with E-state index in [0.29, 0.717) is 37.8 Å². The minimum Gasteiger partial charge on any atom is -0.391 e. The summed E-state index contributed by atoms with van der Waals surface area (Å²) in [6.07, 6.45) is 2.86. The lowest BCUT2D eigenvalue weighted by Gasteiger charge is -2.13. The van der Waals surface area contributed by atoms with Gasteiger partial charge in [0.1, 0.15) is 0 Å². The molecule has 1 N–H and O–H groups in total. The summed E-state index contributed by atoms with van der Waals surface area (Å²) in [5, 5.41) is 14.2. The Kier molecular flexibility index (Phi) is 5.32. The van der Waals surface area contributed by atoms with E-state index in [1.54, 1.807) is 13.3 Å². The predicted octanol–water partition coefficient (Wildman–Crippen LogP) is 0.689. The van der Waals surface area contributed by atoms with Gasteiger partial charge in [-0.05, 0) is 18.6 Å². The molecule has 0 saturated carbocycles. The van der Waals surface area contributed by atoms with Crippen LogP contribution in [-0.2, 0) is 24.1 Å². The molecule has 2 aromatic rings. The van der Waals surface area contributed by atoms with E-state index in [0.717, 1.165) is 18.7 Å². The lowest BCUT2D eigenvalue weighted by Crippen LogP contribution is -2.21. The summed E-state index contributed by atoms with van der Waals surface area (Å²) in [6.45, 7) is 2.56. The number of aliphatic hydroxyl groups is 1. The number of hydrogen-bond donors (Lipinski definition) is 1. The van der Waals surface area contributed by atoms with Crippen LogP contribution in [0.4, 0.5) is 0 Å². The van der Waals surface area contributed by atoms with Gasteiger partial charge in [0.15, 0.2) is 5.82 Å². The first-order valence-corrected chi connectivity index (χ1v) is 7.85. The second-order valence-electron chi connectivity index (χ2n) is 5.89. The van der Waals surface area contributed by atoms with Crippen molar-refractivity contribution < 1.29 is 14.4 Å². The molecule has 7 nitrogen and oxygen atoms in total. The predicted molar refractivity (Wildman–Crippen MR) is 82.6 cm³/mol. The molecule has 2 atom stereocenters. The van der Waals surface area contributed by atoms with Gasteiger partial charge in [0, 0.05) is 44.4 Å². The highest BCUT2D eigenvalue weighted by Crippen LogP contribution is 2.22. The molecule has 1 fully saturated rings. The van der Waals surface area contributed by atoms with Crippen LogP contribution in [0.2, 0.25) is 0 Å². The van der Waals surface area contributed by atoms with Crippen LogP contribution in [0.1, 0.15) is 17.4 Å². The van der Waals surface area contributed by atoms with Gasteiger partial charge in [-0.15, -0.1) is 0 Å². The molecule has 1 aliphatic heterocycles. The van der Waals surface area contributed by atoms with Gasteiger partial charge >= 0.3 is 0 Å². The third kappa shape index (κ3) is 4.34. The van der Waals surface area contributed by atoms with E-state index in [-0.39, 0.29) is 12.0 Å². The van der Waals surface area contributed by atoms with Crippen LogP contribution < -0.4 is 0 Å². The minimum absolute atomic E-state index is 0.181. The van der Waals surface area contributed by atoms with Gasteiger partial charge in [-0.1, -0.05) is 11.2 Å². The van der Waals surface area contributed by atoms with Gasteiger partial charge in [0.2, 0.25) is 5.89 Å². The molecule has 2 aromatic heterocycles. The van der Waals surface area contributed by atoms with Crippen molar-refractivity contribution in [1.82, 2.24) is 20.0 Å². The molecule has 3 rings (SSSR count). The topological polar surface area (TPSA) is 84.5 Å². The molecular weight excluding hydrogens is 296 g/mol. The zero-order valence-corrected chi connectivity index (χ0v) is 13.3. The molecule has 0 aliphatic carbocycles. The maximum Gasteiger partial charge on any atom is 0.240 e. The minimum atomic E-state index is -0.354. The van der Waals surface area contributed by atoms with Crippen molar-refractivity contribution in [3.63, 3.8) is 0 Å². The smallest absolute Gasteiger partial charge is 0.240 e. The summed E-state index contributed by atoms with van der Waals surface area (Å²) < 4.78 is 10.3. The molecule has 0 unspecified atom stereocenters. The average Bonchev–Trinajstić information content (AvgIpc) is 3.14. The number of β-amino-alcohol motifs (C(OH)–C–C–N with tert-alkyl or cyclic N) is 1. The molecule has 7 heteroatoms. The van der Waals surface area contributed by atoms with Crippen LogP contribution in [0, 0.1) is 5.92 Å². The molecule has 0 radical (unpaired) electrons. The Labute approximate surface area is 135 Å². The SMILES string of the molecule is COCCc1noc(CN2C[C@@H](Cc3ccccn3)[C@H](O)C2)n1. The average molecular weight is 318 g/mol. The van der Waals surface area contributed by atoms with Gasteiger partial charge < -0.3 is 14.4 Å². The highest BCUT2D eigenvalue weighted by molar-refractivity contribution is 5.06. The van der Waals surface area contributed by atoms with Crippen LogP contribution in [0.5, 0.6) is 0 Å². The Morgan fingerprint density at radius 3 is 3.09 bits per heavy atom. The monoisotopic (exact) mass is 318 g/mol. The molecule has 0 aromatic carbocycles. The van der Waals surface area contributed by atoms with E-state index in [9.17, 15) is 5.11 Å². The standard InChI is InChI=1S/C16H22N4O3/c1-22-7-5-15-18-16(23-19-15)11-20-9-12(14(21)10-20)8-13-4-2-3-6-17-13/h2-4,6,12,14,21H,5,7-11H2,1H3/t12-,14-/m1/s1. The number of aromatic nitrogens is 3. The summed E-state index contributed by atoms with van der Waals surface area (Å²) in [6, 6.07) is 5.87. The molecule has 0 amide bonds. The Morgan fingerprint density at radius 2 is 2.30 bits per heavy atom. The fourth-order valence-electron chi connectivity index (χ4n) is 2.90. The largest absolute Gasteiger partial charge is 0.391 e. The Balaban J connectivity index is 1.53. The third-order valence-electron chi connectivity index (χ3n) is 4.08. The van der Waals surface area contributed by atoms with E-state index in [1.807, 2.05) is 18.2 Å². The number of nitrogens with zero attached hydrogens (tertiary/aromatic N) is 4. The number of likely N-dealkylation sites (tertiary alicyclic amines) is 1. The molecular formula is C16H22N4O3. The zero-order valence-electron chi connectivity index (χ0n) is 13.3. The fourth-order valence-corrected chi connectivity index (χ4v) is 2.90. The van der Waals surface area contributed by atoms with Gasteiger partial charge in [-0.3, -0.25) is 9.88 Å². The van der Waals surface area contributed by atoms with Crippen LogP contribution in [0.3, 0.4) is 0 Å². The van der Waals surface area contributed by atoms with Gasteiger partial charge in [-0.2, -0.15) is 4.98 Å². The molecule has 124 valence electrons. The highest BCUT2D eigenvalue weighted by Gasteiger charge is 2.32. The second kappa shape index (κ2) is 7.63. The Bertz CT molecular complexity index is 604. The number of rotatable bonds is 7. The number of pyridine rings is 1. The van der Waals surface area contributed by atoms with Crippen LogP contribution in [0.15, 0.2) is 28.9 Å².